The Kier molecular flexibility index (Phi) is 5.11. The lowest BCUT2D eigenvalue weighted by atomic mass is 10.2. The summed E-state index contributed by atoms with van der Waals surface area (Å²) in [6.45, 7) is 0.346. The lowest BCUT2D eigenvalue weighted by Gasteiger charge is -2.07. The van der Waals surface area contributed by atoms with Crippen LogP contribution in [0.2, 0.25) is 10.0 Å². The molecule has 1 amide bonds. The molecule has 6 nitrogen and oxygen atoms in total. The van der Waals surface area contributed by atoms with E-state index in [1.54, 1.807) is 5.51 Å². The molecule has 0 saturated carbocycles. The van der Waals surface area contributed by atoms with Crippen molar-refractivity contribution in [3.05, 3.63) is 54.4 Å². The van der Waals surface area contributed by atoms with Crippen LogP contribution in [-0.4, -0.2) is 22.4 Å². The molecule has 1 aromatic carbocycles. The molecule has 0 aliphatic heterocycles. The third-order valence-corrected chi connectivity index (χ3v) is 4.06. The Morgan fingerprint density at radius 3 is 2.81 bits per heavy atom. The van der Waals surface area contributed by atoms with E-state index in [1.807, 2.05) is 5.38 Å². The molecule has 21 heavy (non-hydrogen) atoms. The van der Waals surface area contributed by atoms with Crippen LogP contribution in [0.25, 0.3) is 0 Å². The van der Waals surface area contributed by atoms with E-state index in [1.165, 1.54) is 11.3 Å². The lowest BCUT2D eigenvalue weighted by Crippen LogP contribution is -2.26. The maximum Gasteiger partial charge on any atom is 0.271 e. The Morgan fingerprint density at radius 2 is 2.19 bits per heavy atom. The molecule has 2 rings (SSSR count). The zero-order valence-corrected chi connectivity index (χ0v) is 12.8. The van der Waals surface area contributed by atoms with Gasteiger partial charge in [0, 0.05) is 30.5 Å². The molecule has 0 atom stereocenters. The second kappa shape index (κ2) is 6.84. The zero-order chi connectivity index (χ0) is 15.4. The maximum atomic E-state index is 12.0. The van der Waals surface area contributed by atoms with Gasteiger partial charge in [-0.1, -0.05) is 23.2 Å². The third kappa shape index (κ3) is 3.90. The molecule has 0 radical (unpaired) electrons. The molecule has 2 aromatic rings. The highest BCUT2D eigenvalue weighted by atomic mass is 35.5. The van der Waals surface area contributed by atoms with Crippen molar-refractivity contribution in [1.29, 1.82) is 0 Å². The number of benzene rings is 1. The first kappa shape index (κ1) is 15.7. The minimum absolute atomic E-state index is 0.00609. The Bertz CT molecular complexity index is 677. The van der Waals surface area contributed by atoms with Crippen molar-refractivity contribution < 1.29 is 9.72 Å². The highest BCUT2D eigenvalue weighted by Crippen LogP contribution is 2.30. The fourth-order valence-electron chi connectivity index (χ4n) is 1.61. The number of nitrogens with one attached hydrogen (secondary N) is 1. The van der Waals surface area contributed by atoms with Gasteiger partial charge in [-0.05, 0) is 0 Å². The van der Waals surface area contributed by atoms with Crippen LogP contribution in [0, 0.1) is 10.1 Å². The van der Waals surface area contributed by atoms with Gasteiger partial charge in [-0.15, -0.1) is 11.3 Å². The van der Waals surface area contributed by atoms with Gasteiger partial charge in [-0.25, -0.2) is 4.98 Å². The third-order valence-electron chi connectivity index (χ3n) is 2.62. The fourth-order valence-corrected chi connectivity index (χ4v) is 2.61. The van der Waals surface area contributed by atoms with Crippen LogP contribution in [0.1, 0.15) is 16.1 Å². The van der Waals surface area contributed by atoms with Gasteiger partial charge in [0.25, 0.3) is 11.6 Å². The first-order valence-corrected chi connectivity index (χ1v) is 7.47. The first-order chi connectivity index (χ1) is 9.99. The summed E-state index contributed by atoms with van der Waals surface area (Å²) in [5.41, 5.74) is 2.26. The molecule has 0 unspecified atom stereocenters. The molecule has 0 aliphatic rings. The van der Waals surface area contributed by atoms with Gasteiger partial charge in [-0.3, -0.25) is 14.9 Å². The van der Waals surface area contributed by atoms with Crippen molar-refractivity contribution in [2.45, 2.75) is 6.42 Å². The molecule has 0 fully saturated rings. The topological polar surface area (TPSA) is 85.1 Å². The number of carbonyl (C=O) groups excluding carboxylic acids is 1. The fraction of sp³-hybridized carbons (Fsp3) is 0.167. The number of non-ortho nitro benzene ring substituents is 1. The number of hydrogen-bond donors (Lipinski definition) is 1. The molecule has 0 spiro atoms. The summed E-state index contributed by atoms with van der Waals surface area (Å²) < 4.78 is 0. The number of aromatic nitrogens is 1. The SMILES string of the molecule is O=C(NCCc1cscn1)c1cc([N+](=O)[O-])cc(Cl)c1Cl. The van der Waals surface area contributed by atoms with Crippen molar-refractivity contribution in [3.8, 4) is 0 Å². The number of thiazole rings is 1. The highest BCUT2D eigenvalue weighted by molar-refractivity contribution is 7.07. The summed E-state index contributed by atoms with van der Waals surface area (Å²) in [5, 5.41) is 15.2. The molecule has 0 bridgehead atoms. The smallest absolute Gasteiger partial charge is 0.271 e. The maximum absolute atomic E-state index is 12.0. The highest BCUT2D eigenvalue weighted by Gasteiger charge is 2.19. The van der Waals surface area contributed by atoms with Crippen LogP contribution in [0.15, 0.2) is 23.0 Å². The average molecular weight is 346 g/mol. The van der Waals surface area contributed by atoms with Gasteiger partial charge in [0.15, 0.2) is 0 Å². The van der Waals surface area contributed by atoms with Crippen LogP contribution < -0.4 is 5.32 Å². The monoisotopic (exact) mass is 345 g/mol. The number of rotatable bonds is 5. The molecule has 1 aromatic heterocycles. The zero-order valence-electron chi connectivity index (χ0n) is 10.5. The Labute approximate surface area is 133 Å². The van der Waals surface area contributed by atoms with Gasteiger partial charge in [-0.2, -0.15) is 0 Å². The number of carbonyl (C=O) groups is 1. The Morgan fingerprint density at radius 1 is 1.43 bits per heavy atom. The van der Waals surface area contributed by atoms with Crippen molar-refractivity contribution in [3.63, 3.8) is 0 Å². The molecular formula is C12H9Cl2N3O3S. The number of halogens is 2. The minimum atomic E-state index is -0.631. The lowest BCUT2D eigenvalue weighted by molar-refractivity contribution is -0.384. The molecule has 1 heterocycles. The second-order valence-electron chi connectivity index (χ2n) is 4.03. The predicted molar refractivity (Wildman–Crippen MR) is 81.3 cm³/mol. The van der Waals surface area contributed by atoms with Crippen LogP contribution in [0.5, 0.6) is 0 Å². The standard InChI is InChI=1S/C12H9Cl2N3O3S/c13-10-4-8(17(19)20)3-9(11(10)14)12(18)15-2-1-7-5-21-6-16-7/h3-6H,1-2H2,(H,15,18). The summed E-state index contributed by atoms with van der Waals surface area (Å²) in [6.07, 6.45) is 0.565. The molecule has 0 aliphatic carbocycles. The van der Waals surface area contributed by atoms with Gasteiger partial charge in [0.1, 0.15) is 0 Å². The molecule has 110 valence electrons. The quantitative estimate of drug-likeness (QED) is 0.665. The van der Waals surface area contributed by atoms with Gasteiger partial charge in [0.05, 0.1) is 31.7 Å². The van der Waals surface area contributed by atoms with Crippen molar-refractivity contribution in [2.24, 2.45) is 0 Å². The Balaban J connectivity index is 2.09. The summed E-state index contributed by atoms with van der Waals surface area (Å²) >= 11 is 13.2. The van der Waals surface area contributed by atoms with Crippen LogP contribution in [0.4, 0.5) is 5.69 Å². The normalized spacial score (nSPS) is 10.4. The minimum Gasteiger partial charge on any atom is -0.352 e. The van der Waals surface area contributed by atoms with Crippen LogP contribution in [0.3, 0.4) is 0 Å². The van der Waals surface area contributed by atoms with Gasteiger partial charge < -0.3 is 5.32 Å². The number of nitro groups is 1. The van der Waals surface area contributed by atoms with E-state index in [2.05, 4.69) is 10.3 Å². The van der Waals surface area contributed by atoms with E-state index in [9.17, 15) is 14.9 Å². The largest absolute Gasteiger partial charge is 0.352 e. The number of nitrogens with zero attached hydrogens (tertiary/aromatic N) is 2. The molecule has 0 saturated heterocycles. The summed E-state index contributed by atoms with van der Waals surface area (Å²) in [6, 6.07) is 2.21. The predicted octanol–water partition coefficient (Wildman–Crippen LogP) is 3.33. The summed E-state index contributed by atoms with van der Waals surface area (Å²) in [7, 11) is 0. The first-order valence-electron chi connectivity index (χ1n) is 5.77. The number of nitro benzene ring substituents is 1. The summed E-state index contributed by atoms with van der Waals surface area (Å²) in [4.78, 5) is 26.3. The molecule has 1 N–H and O–H groups in total. The van der Waals surface area contributed by atoms with E-state index in [4.69, 9.17) is 23.2 Å². The van der Waals surface area contributed by atoms with E-state index in [0.717, 1.165) is 17.8 Å². The van der Waals surface area contributed by atoms with Crippen molar-refractivity contribution in [2.75, 3.05) is 6.54 Å². The van der Waals surface area contributed by atoms with Crippen molar-refractivity contribution in [1.82, 2.24) is 10.3 Å². The number of hydrogen-bond acceptors (Lipinski definition) is 5. The van der Waals surface area contributed by atoms with Gasteiger partial charge in [0.2, 0.25) is 0 Å². The van der Waals surface area contributed by atoms with Crippen LogP contribution in [-0.2, 0) is 6.42 Å². The number of amides is 1. The molecular weight excluding hydrogens is 337 g/mol. The van der Waals surface area contributed by atoms with E-state index in [0.29, 0.717) is 13.0 Å². The van der Waals surface area contributed by atoms with E-state index in [-0.39, 0.29) is 21.3 Å². The average Bonchev–Trinajstić information content (AvgIpc) is 2.94. The van der Waals surface area contributed by atoms with E-state index >= 15 is 0 Å². The van der Waals surface area contributed by atoms with Crippen LogP contribution >= 0.6 is 34.5 Å². The van der Waals surface area contributed by atoms with Crippen molar-refractivity contribution >= 4 is 46.1 Å². The second-order valence-corrected chi connectivity index (χ2v) is 5.54. The van der Waals surface area contributed by atoms with Gasteiger partial charge >= 0.3 is 0 Å². The summed E-state index contributed by atoms with van der Waals surface area (Å²) in [5.74, 6) is -0.513. The van der Waals surface area contributed by atoms with E-state index < -0.39 is 10.8 Å². The molecule has 9 heteroatoms. The Hall–Kier alpha value is -1.70.